The highest BCUT2D eigenvalue weighted by Crippen LogP contribution is 2.42. The molecule has 0 saturated heterocycles. The number of benzene rings is 1. The summed E-state index contributed by atoms with van der Waals surface area (Å²) in [5.74, 6) is -1.99. The number of aliphatic hydroxyl groups excluding tert-OH is 1. The summed E-state index contributed by atoms with van der Waals surface area (Å²) in [5.41, 5.74) is 1.82. The fraction of sp³-hybridized carbons (Fsp3) is 0.167. The molecule has 0 fully saturated rings. The molecule has 0 spiro atoms. The number of ether oxygens (including phenoxy) is 1. The molecule has 1 N–H and O–H groups in total. The number of anilines is 1. The van der Waals surface area contributed by atoms with Crippen molar-refractivity contribution in [2.24, 2.45) is 0 Å². The molecule has 1 unspecified atom stereocenters. The minimum Gasteiger partial charge on any atom is -0.503 e. The van der Waals surface area contributed by atoms with Crippen LogP contribution in [-0.2, 0) is 20.7 Å². The van der Waals surface area contributed by atoms with Crippen LogP contribution in [0.1, 0.15) is 33.8 Å². The van der Waals surface area contributed by atoms with Gasteiger partial charge in [-0.15, -0.1) is 11.3 Å². The lowest BCUT2D eigenvalue weighted by Crippen LogP contribution is -2.31. The Hall–Kier alpha value is -3.78. The van der Waals surface area contributed by atoms with Crippen molar-refractivity contribution in [2.75, 3.05) is 11.5 Å². The van der Waals surface area contributed by atoms with Crippen molar-refractivity contribution in [3.8, 4) is 0 Å². The molecule has 162 valence electrons. The maximum Gasteiger partial charge on any atom is 0.310 e. The van der Waals surface area contributed by atoms with Gasteiger partial charge in [0.15, 0.2) is 5.76 Å². The largest absolute Gasteiger partial charge is 0.503 e. The summed E-state index contributed by atoms with van der Waals surface area (Å²) in [6, 6.07) is 12.8. The molecule has 8 heteroatoms. The number of carbonyl (C=O) groups is 3. The van der Waals surface area contributed by atoms with Crippen molar-refractivity contribution in [3.05, 3.63) is 93.6 Å². The Bertz CT molecular complexity index is 1170. The molecule has 0 saturated carbocycles. The predicted octanol–water partition coefficient (Wildman–Crippen LogP) is 4.03. The van der Waals surface area contributed by atoms with Crippen LogP contribution in [0.5, 0.6) is 0 Å². The molecule has 1 aromatic carbocycles. The van der Waals surface area contributed by atoms with E-state index >= 15 is 0 Å². The number of amides is 1. The third-order valence-electron chi connectivity index (χ3n) is 5.07. The molecule has 3 heterocycles. The van der Waals surface area contributed by atoms with Crippen LogP contribution in [0.15, 0.2) is 77.6 Å². The Morgan fingerprint density at radius 2 is 1.94 bits per heavy atom. The number of thiophene rings is 1. The van der Waals surface area contributed by atoms with E-state index in [1.54, 1.807) is 73.2 Å². The van der Waals surface area contributed by atoms with Crippen molar-refractivity contribution >= 4 is 34.7 Å². The van der Waals surface area contributed by atoms with E-state index in [2.05, 4.69) is 4.98 Å². The normalized spacial score (nSPS) is 15.8. The lowest BCUT2D eigenvalue weighted by Gasteiger charge is -2.26. The van der Waals surface area contributed by atoms with Gasteiger partial charge in [0.05, 0.1) is 29.5 Å². The van der Waals surface area contributed by atoms with Gasteiger partial charge in [0.2, 0.25) is 5.78 Å². The van der Waals surface area contributed by atoms with Crippen LogP contribution in [0.4, 0.5) is 5.69 Å². The van der Waals surface area contributed by atoms with Gasteiger partial charge in [-0.25, -0.2) is 0 Å². The number of pyridine rings is 1. The molecule has 7 nitrogen and oxygen atoms in total. The average Bonchev–Trinajstić information content (AvgIpc) is 3.42. The van der Waals surface area contributed by atoms with E-state index in [1.165, 1.54) is 16.2 Å². The van der Waals surface area contributed by atoms with E-state index in [0.717, 1.165) is 5.56 Å². The van der Waals surface area contributed by atoms with E-state index in [0.29, 0.717) is 22.7 Å². The summed E-state index contributed by atoms with van der Waals surface area (Å²) in [4.78, 5) is 44.0. The highest BCUT2D eigenvalue weighted by atomic mass is 32.1. The van der Waals surface area contributed by atoms with E-state index in [-0.39, 0.29) is 18.0 Å². The van der Waals surface area contributed by atoms with Gasteiger partial charge in [0, 0.05) is 18.1 Å². The number of ketones is 1. The van der Waals surface area contributed by atoms with Crippen LogP contribution in [0.2, 0.25) is 0 Å². The molecule has 1 amide bonds. The zero-order valence-corrected chi connectivity index (χ0v) is 18.0. The summed E-state index contributed by atoms with van der Waals surface area (Å²) in [6.07, 6.45) is 3.28. The van der Waals surface area contributed by atoms with Gasteiger partial charge < -0.3 is 9.84 Å². The Kier molecular flexibility index (Phi) is 6.13. The van der Waals surface area contributed by atoms with E-state index in [9.17, 15) is 19.5 Å². The number of Topliss-reactive ketones (excluding diaryl/α,β-unsaturated/α-hetero) is 1. The quantitative estimate of drug-likeness (QED) is 0.433. The molecule has 1 aliphatic rings. The Balaban J connectivity index is 1.72. The lowest BCUT2D eigenvalue weighted by atomic mass is 9.96. The van der Waals surface area contributed by atoms with Crippen LogP contribution < -0.4 is 4.90 Å². The third kappa shape index (κ3) is 4.04. The van der Waals surface area contributed by atoms with Gasteiger partial charge in [0.1, 0.15) is 0 Å². The van der Waals surface area contributed by atoms with Gasteiger partial charge in [-0.3, -0.25) is 24.3 Å². The van der Waals surface area contributed by atoms with Crippen LogP contribution >= 0.6 is 11.3 Å². The first-order valence-electron chi connectivity index (χ1n) is 10.0. The second-order valence-corrected chi connectivity index (χ2v) is 8.03. The summed E-state index contributed by atoms with van der Waals surface area (Å²) >= 11 is 1.24. The van der Waals surface area contributed by atoms with Crippen molar-refractivity contribution in [1.82, 2.24) is 4.98 Å². The number of hydrogen-bond acceptors (Lipinski definition) is 7. The molecule has 1 aliphatic heterocycles. The summed E-state index contributed by atoms with van der Waals surface area (Å²) < 4.78 is 4.97. The van der Waals surface area contributed by atoms with E-state index in [1.807, 2.05) is 0 Å². The number of esters is 1. The Labute approximate surface area is 188 Å². The Morgan fingerprint density at radius 3 is 2.56 bits per heavy atom. The number of nitrogens with zero attached hydrogens (tertiary/aromatic N) is 2. The second kappa shape index (κ2) is 9.15. The molecular formula is C24H20N2O5S. The minimum atomic E-state index is -0.832. The van der Waals surface area contributed by atoms with Crippen LogP contribution in [0.3, 0.4) is 0 Å². The lowest BCUT2D eigenvalue weighted by molar-refractivity contribution is -0.142. The standard InChI is InChI=1S/C24H20N2O5S/c1-2-31-19(27)13-15-7-9-17(10-8-15)26-21(16-5-3-11-25-14-16)20(23(29)24(26)30)22(28)18-6-4-12-32-18/h3-12,14,21,29H,2,13H2,1H3. The Morgan fingerprint density at radius 1 is 1.16 bits per heavy atom. The van der Waals surface area contributed by atoms with E-state index < -0.39 is 23.5 Å². The maximum atomic E-state index is 13.2. The third-order valence-corrected chi connectivity index (χ3v) is 5.93. The molecular weight excluding hydrogens is 428 g/mol. The highest BCUT2D eigenvalue weighted by Gasteiger charge is 2.44. The number of aliphatic hydroxyl groups is 1. The number of hydrogen-bond donors (Lipinski definition) is 1. The van der Waals surface area contributed by atoms with Crippen molar-refractivity contribution in [1.29, 1.82) is 0 Å². The van der Waals surface area contributed by atoms with Gasteiger partial charge >= 0.3 is 5.97 Å². The zero-order valence-electron chi connectivity index (χ0n) is 17.2. The van der Waals surface area contributed by atoms with Gasteiger partial charge in [-0.2, -0.15) is 0 Å². The monoisotopic (exact) mass is 448 g/mol. The summed E-state index contributed by atoms with van der Waals surface area (Å²) in [6.45, 7) is 2.05. The number of rotatable bonds is 7. The zero-order chi connectivity index (χ0) is 22.7. The smallest absolute Gasteiger partial charge is 0.310 e. The second-order valence-electron chi connectivity index (χ2n) is 7.08. The van der Waals surface area contributed by atoms with Crippen molar-refractivity contribution in [2.45, 2.75) is 19.4 Å². The van der Waals surface area contributed by atoms with Crippen LogP contribution in [0.25, 0.3) is 0 Å². The van der Waals surface area contributed by atoms with Crippen LogP contribution in [0, 0.1) is 0 Å². The molecule has 2 aromatic heterocycles. The van der Waals surface area contributed by atoms with Gasteiger partial charge in [0.25, 0.3) is 5.91 Å². The molecule has 0 aliphatic carbocycles. The molecule has 0 bridgehead atoms. The van der Waals surface area contributed by atoms with Gasteiger partial charge in [-0.05, 0) is 47.7 Å². The first kappa shape index (κ1) is 21.5. The fourth-order valence-electron chi connectivity index (χ4n) is 3.65. The molecule has 3 aromatic rings. The first-order valence-corrected chi connectivity index (χ1v) is 10.9. The molecule has 4 rings (SSSR count). The number of aromatic nitrogens is 1. The maximum absolute atomic E-state index is 13.2. The summed E-state index contributed by atoms with van der Waals surface area (Å²) in [7, 11) is 0. The van der Waals surface area contributed by atoms with Crippen molar-refractivity contribution in [3.63, 3.8) is 0 Å². The van der Waals surface area contributed by atoms with Gasteiger partial charge in [-0.1, -0.05) is 24.3 Å². The fourth-order valence-corrected chi connectivity index (χ4v) is 4.33. The SMILES string of the molecule is CCOC(=O)Cc1ccc(N2C(=O)C(O)=C(C(=O)c3cccs3)C2c2cccnc2)cc1. The first-order chi connectivity index (χ1) is 15.5. The topological polar surface area (TPSA) is 96.8 Å². The molecule has 32 heavy (non-hydrogen) atoms. The van der Waals surface area contributed by atoms with E-state index in [4.69, 9.17) is 4.74 Å². The van der Waals surface area contributed by atoms with Crippen LogP contribution in [-0.4, -0.2) is 34.4 Å². The molecule has 1 atom stereocenters. The summed E-state index contributed by atoms with van der Waals surface area (Å²) in [5, 5.41) is 12.5. The van der Waals surface area contributed by atoms with Crippen molar-refractivity contribution < 1.29 is 24.2 Å². The molecule has 0 radical (unpaired) electrons. The predicted molar refractivity (Wildman–Crippen MR) is 120 cm³/mol. The minimum absolute atomic E-state index is 0.0149. The number of carbonyl (C=O) groups excluding carboxylic acids is 3. The average molecular weight is 449 g/mol. The highest BCUT2D eigenvalue weighted by molar-refractivity contribution is 7.12.